The van der Waals surface area contributed by atoms with Gasteiger partial charge in [-0.25, -0.2) is 0 Å². The van der Waals surface area contributed by atoms with Crippen LogP contribution in [0, 0.1) is 13.8 Å². The lowest BCUT2D eigenvalue weighted by molar-refractivity contribution is -0.143. The van der Waals surface area contributed by atoms with Crippen LogP contribution in [0.15, 0.2) is 18.2 Å². The van der Waals surface area contributed by atoms with Crippen LogP contribution in [0.5, 0.6) is 0 Å². The molecule has 0 bridgehead atoms. The van der Waals surface area contributed by atoms with Crippen molar-refractivity contribution in [3.05, 3.63) is 34.9 Å². The van der Waals surface area contributed by atoms with E-state index in [4.69, 9.17) is 10.8 Å². The molecule has 2 rings (SSSR count). The third-order valence-electron chi connectivity index (χ3n) is 4.01. The second-order valence-corrected chi connectivity index (χ2v) is 5.62. The number of hydrogen-bond acceptors (Lipinski definition) is 3. The highest BCUT2D eigenvalue weighted by atomic mass is 16.4. The molecule has 0 radical (unpaired) electrons. The molecule has 0 aromatic heterocycles. The number of aryl methyl sites for hydroxylation is 2. The first-order valence-electron chi connectivity index (χ1n) is 6.68. The summed E-state index contributed by atoms with van der Waals surface area (Å²) in [5.41, 5.74) is 7.77. The lowest BCUT2D eigenvalue weighted by Crippen LogP contribution is -2.50. The van der Waals surface area contributed by atoms with Gasteiger partial charge in [0, 0.05) is 13.1 Å². The lowest BCUT2D eigenvalue weighted by atomic mass is 10.0. The molecule has 1 aliphatic rings. The van der Waals surface area contributed by atoms with Crippen molar-refractivity contribution < 1.29 is 14.7 Å². The molecule has 108 valence electrons. The number of carboxylic acids is 1. The van der Waals surface area contributed by atoms with Gasteiger partial charge in [-0.1, -0.05) is 18.2 Å². The smallest absolute Gasteiger partial charge is 0.325 e. The molecule has 5 heteroatoms. The number of aliphatic carboxylic acids is 1. The molecule has 1 aromatic rings. The van der Waals surface area contributed by atoms with Gasteiger partial charge in [0.25, 0.3) is 0 Å². The van der Waals surface area contributed by atoms with Crippen molar-refractivity contribution in [2.24, 2.45) is 5.73 Å². The maximum atomic E-state index is 12.2. The molecule has 3 N–H and O–H groups in total. The molecule has 0 aliphatic carbocycles. The van der Waals surface area contributed by atoms with E-state index in [-0.39, 0.29) is 18.9 Å². The predicted octanol–water partition coefficient (Wildman–Crippen LogP) is 0.860. The molecule has 1 unspecified atom stereocenters. The zero-order valence-electron chi connectivity index (χ0n) is 11.8. The fourth-order valence-corrected chi connectivity index (χ4v) is 2.42. The number of rotatable bonds is 3. The summed E-state index contributed by atoms with van der Waals surface area (Å²) in [5.74, 6) is -1.11. The second kappa shape index (κ2) is 5.25. The van der Waals surface area contributed by atoms with Crippen molar-refractivity contribution in [2.45, 2.75) is 32.2 Å². The van der Waals surface area contributed by atoms with Crippen molar-refractivity contribution in [1.29, 1.82) is 0 Å². The minimum atomic E-state index is -1.29. The molecule has 20 heavy (non-hydrogen) atoms. The van der Waals surface area contributed by atoms with Gasteiger partial charge >= 0.3 is 5.97 Å². The highest BCUT2D eigenvalue weighted by molar-refractivity contribution is 5.84. The maximum absolute atomic E-state index is 12.2. The van der Waals surface area contributed by atoms with Crippen molar-refractivity contribution >= 4 is 11.9 Å². The number of carbonyl (C=O) groups excluding carboxylic acids is 1. The first-order valence-corrected chi connectivity index (χ1v) is 6.68. The van der Waals surface area contributed by atoms with Crippen LogP contribution in [0.2, 0.25) is 0 Å². The zero-order chi connectivity index (χ0) is 14.9. The molecule has 0 saturated carbocycles. The summed E-state index contributed by atoms with van der Waals surface area (Å²) >= 11 is 0. The van der Waals surface area contributed by atoms with Gasteiger partial charge in [0.15, 0.2) is 0 Å². The Morgan fingerprint density at radius 2 is 2.05 bits per heavy atom. The number of likely N-dealkylation sites (tertiary alicyclic amines) is 1. The van der Waals surface area contributed by atoms with Crippen LogP contribution in [-0.4, -0.2) is 40.5 Å². The van der Waals surface area contributed by atoms with Gasteiger partial charge < -0.3 is 15.7 Å². The van der Waals surface area contributed by atoms with E-state index in [0.29, 0.717) is 13.0 Å². The van der Waals surface area contributed by atoms with Gasteiger partial charge in [0.1, 0.15) is 5.54 Å². The number of carbonyl (C=O) groups is 2. The summed E-state index contributed by atoms with van der Waals surface area (Å²) in [5, 5.41) is 9.07. The van der Waals surface area contributed by atoms with Crippen LogP contribution in [0.4, 0.5) is 0 Å². The molecule has 1 amide bonds. The van der Waals surface area contributed by atoms with Crippen molar-refractivity contribution in [3.63, 3.8) is 0 Å². The number of benzene rings is 1. The third-order valence-corrected chi connectivity index (χ3v) is 4.01. The molecule has 1 saturated heterocycles. The van der Waals surface area contributed by atoms with E-state index in [2.05, 4.69) is 0 Å². The van der Waals surface area contributed by atoms with Gasteiger partial charge in [-0.3, -0.25) is 9.59 Å². The van der Waals surface area contributed by atoms with E-state index in [1.54, 1.807) is 4.90 Å². The number of hydrogen-bond donors (Lipinski definition) is 2. The van der Waals surface area contributed by atoms with Crippen LogP contribution in [0.25, 0.3) is 0 Å². The van der Waals surface area contributed by atoms with Gasteiger partial charge in [-0.15, -0.1) is 0 Å². The molecule has 1 aliphatic heterocycles. The Morgan fingerprint density at radius 1 is 1.35 bits per heavy atom. The summed E-state index contributed by atoms with van der Waals surface area (Å²) in [4.78, 5) is 24.8. The first-order chi connectivity index (χ1) is 9.32. The fourth-order valence-electron chi connectivity index (χ4n) is 2.42. The maximum Gasteiger partial charge on any atom is 0.325 e. The SMILES string of the molecule is Cc1ccc(CC(=O)N2CCC(N)(C(=O)O)C2)cc1C. The highest BCUT2D eigenvalue weighted by Gasteiger charge is 2.42. The van der Waals surface area contributed by atoms with Gasteiger partial charge in [0.05, 0.1) is 6.42 Å². The third kappa shape index (κ3) is 2.82. The number of carboxylic acid groups (broad SMARTS) is 1. The van der Waals surface area contributed by atoms with Crippen molar-refractivity contribution in [3.8, 4) is 0 Å². The van der Waals surface area contributed by atoms with E-state index < -0.39 is 11.5 Å². The van der Waals surface area contributed by atoms with Crippen LogP contribution in [-0.2, 0) is 16.0 Å². The van der Waals surface area contributed by atoms with E-state index in [0.717, 1.165) is 11.1 Å². The second-order valence-electron chi connectivity index (χ2n) is 5.62. The average Bonchev–Trinajstić information content (AvgIpc) is 2.78. The Kier molecular flexibility index (Phi) is 3.81. The predicted molar refractivity (Wildman–Crippen MR) is 75.4 cm³/mol. The van der Waals surface area contributed by atoms with Crippen molar-refractivity contribution in [2.75, 3.05) is 13.1 Å². The molecule has 5 nitrogen and oxygen atoms in total. The Morgan fingerprint density at radius 3 is 2.60 bits per heavy atom. The van der Waals surface area contributed by atoms with Crippen LogP contribution in [0.1, 0.15) is 23.1 Å². The number of amides is 1. The molecule has 1 fully saturated rings. The summed E-state index contributed by atoms with van der Waals surface area (Å²) in [6, 6.07) is 5.92. The lowest BCUT2D eigenvalue weighted by Gasteiger charge is -2.20. The Bertz CT molecular complexity index is 556. The Balaban J connectivity index is 2.03. The largest absolute Gasteiger partial charge is 0.480 e. The van der Waals surface area contributed by atoms with E-state index in [1.807, 2.05) is 32.0 Å². The summed E-state index contributed by atoms with van der Waals surface area (Å²) < 4.78 is 0. The highest BCUT2D eigenvalue weighted by Crippen LogP contribution is 2.20. The normalized spacial score (nSPS) is 22.1. The molecular formula is C15H20N2O3. The zero-order valence-corrected chi connectivity index (χ0v) is 11.8. The van der Waals surface area contributed by atoms with Crippen molar-refractivity contribution in [1.82, 2.24) is 4.90 Å². The van der Waals surface area contributed by atoms with Gasteiger partial charge in [-0.2, -0.15) is 0 Å². The average molecular weight is 276 g/mol. The fraction of sp³-hybridized carbons (Fsp3) is 0.467. The molecule has 1 heterocycles. The minimum absolute atomic E-state index is 0.0678. The Labute approximate surface area is 118 Å². The standard InChI is InChI=1S/C15H20N2O3/c1-10-3-4-12(7-11(10)2)8-13(18)17-6-5-15(16,9-17)14(19)20/h3-4,7H,5-6,8-9,16H2,1-2H3,(H,19,20). The quantitative estimate of drug-likeness (QED) is 0.857. The van der Waals surface area contributed by atoms with E-state index in [9.17, 15) is 9.59 Å². The first kappa shape index (κ1) is 14.5. The number of nitrogens with zero attached hydrogens (tertiary/aromatic N) is 1. The molecular weight excluding hydrogens is 256 g/mol. The van der Waals surface area contributed by atoms with Gasteiger partial charge in [-0.05, 0) is 37.0 Å². The van der Waals surface area contributed by atoms with E-state index >= 15 is 0 Å². The monoisotopic (exact) mass is 276 g/mol. The molecule has 1 atom stereocenters. The van der Waals surface area contributed by atoms with Crippen LogP contribution >= 0.6 is 0 Å². The van der Waals surface area contributed by atoms with Gasteiger partial charge in [0.2, 0.25) is 5.91 Å². The minimum Gasteiger partial charge on any atom is -0.480 e. The molecule has 1 aromatic carbocycles. The molecule has 0 spiro atoms. The number of nitrogens with two attached hydrogens (primary N) is 1. The summed E-state index contributed by atoms with van der Waals surface area (Å²) in [7, 11) is 0. The topological polar surface area (TPSA) is 83.6 Å². The van der Waals surface area contributed by atoms with Crippen LogP contribution in [0.3, 0.4) is 0 Å². The summed E-state index contributed by atoms with van der Waals surface area (Å²) in [6.45, 7) is 4.53. The Hall–Kier alpha value is -1.88. The van der Waals surface area contributed by atoms with E-state index in [1.165, 1.54) is 5.56 Å². The summed E-state index contributed by atoms with van der Waals surface area (Å²) in [6.07, 6.45) is 0.595. The van der Waals surface area contributed by atoms with Crippen LogP contribution < -0.4 is 5.73 Å².